The third-order valence-corrected chi connectivity index (χ3v) is 5.34. The number of carbonyl (C=O) groups is 1. The van der Waals surface area contributed by atoms with Gasteiger partial charge in [0, 0.05) is 11.6 Å². The van der Waals surface area contributed by atoms with E-state index in [1.807, 2.05) is 0 Å². The highest BCUT2D eigenvalue weighted by atomic mass is 35.5. The summed E-state index contributed by atoms with van der Waals surface area (Å²) in [5, 5.41) is 9.37. The van der Waals surface area contributed by atoms with Gasteiger partial charge in [0.2, 0.25) is 0 Å². The molecule has 2 rings (SSSR count). The van der Waals surface area contributed by atoms with Gasteiger partial charge in [-0.25, -0.2) is 22.9 Å². The number of nitrogens with one attached hydrogen (secondary N) is 1. The zero-order valence-electron chi connectivity index (χ0n) is 9.91. The molecule has 0 atom stereocenters. The third kappa shape index (κ3) is 3.34. The van der Waals surface area contributed by atoms with E-state index < -0.39 is 21.7 Å². The predicted molar refractivity (Wildman–Crippen MR) is 74.6 cm³/mol. The first-order valence-corrected chi connectivity index (χ1v) is 8.05. The highest BCUT2D eigenvalue weighted by Gasteiger charge is 2.25. The Kier molecular flexibility index (Phi) is 4.39. The molecule has 0 saturated heterocycles. The van der Waals surface area contributed by atoms with E-state index in [0.717, 1.165) is 11.3 Å². The van der Waals surface area contributed by atoms with Crippen molar-refractivity contribution < 1.29 is 18.3 Å². The van der Waals surface area contributed by atoms with Crippen LogP contribution in [0.15, 0.2) is 34.0 Å². The van der Waals surface area contributed by atoms with E-state index in [0.29, 0.717) is 10.6 Å². The summed E-state index contributed by atoms with van der Waals surface area (Å²) >= 11 is 6.55. The fraction of sp³-hybridized carbons (Fsp3) is 0.0909. The van der Waals surface area contributed by atoms with Gasteiger partial charge in [0.15, 0.2) is 9.90 Å². The molecule has 6 nitrogen and oxygen atoms in total. The summed E-state index contributed by atoms with van der Waals surface area (Å²) in [5.74, 6) is -1.38. The van der Waals surface area contributed by atoms with Crippen LogP contribution in [-0.4, -0.2) is 24.5 Å². The number of nitrogens with zero attached hydrogens (tertiary/aromatic N) is 1. The van der Waals surface area contributed by atoms with Crippen molar-refractivity contribution in [3.05, 3.63) is 46.1 Å². The van der Waals surface area contributed by atoms with Gasteiger partial charge in [-0.05, 0) is 17.7 Å². The van der Waals surface area contributed by atoms with Crippen LogP contribution in [0.5, 0.6) is 0 Å². The maximum atomic E-state index is 12.0. The monoisotopic (exact) mass is 332 g/mol. The van der Waals surface area contributed by atoms with Crippen molar-refractivity contribution in [2.24, 2.45) is 0 Å². The van der Waals surface area contributed by atoms with Crippen LogP contribution in [-0.2, 0) is 16.6 Å². The Morgan fingerprint density at radius 1 is 1.45 bits per heavy atom. The van der Waals surface area contributed by atoms with Crippen molar-refractivity contribution in [1.29, 1.82) is 0 Å². The van der Waals surface area contributed by atoms with E-state index in [-0.39, 0.29) is 10.8 Å². The van der Waals surface area contributed by atoms with Crippen molar-refractivity contribution in [2.45, 2.75) is 10.8 Å². The molecular weight excluding hydrogens is 324 g/mol. The molecular formula is C11H9ClN2O4S2. The molecule has 1 aromatic carbocycles. The molecule has 0 fully saturated rings. The fourth-order valence-electron chi connectivity index (χ4n) is 1.46. The molecule has 0 aliphatic rings. The Labute approximate surface area is 124 Å². The number of sulfonamides is 1. The Morgan fingerprint density at radius 3 is 2.85 bits per heavy atom. The van der Waals surface area contributed by atoms with Crippen LogP contribution in [0.3, 0.4) is 0 Å². The van der Waals surface area contributed by atoms with E-state index in [1.54, 1.807) is 24.3 Å². The largest absolute Gasteiger partial charge is 0.476 e. The summed E-state index contributed by atoms with van der Waals surface area (Å²) in [6.45, 7) is 0.0137. The summed E-state index contributed by atoms with van der Waals surface area (Å²) in [5.41, 5.74) is 1.37. The van der Waals surface area contributed by atoms with Gasteiger partial charge in [0.25, 0.3) is 10.0 Å². The van der Waals surface area contributed by atoms with Crippen molar-refractivity contribution >= 4 is 38.9 Å². The van der Waals surface area contributed by atoms with Gasteiger partial charge in [0.1, 0.15) is 0 Å². The Bertz CT molecular complexity index is 742. The van der Waals surface area contributed by atoms with Gasteiger partial charge in [-0.1, -0.05) is 23.7 Å². The standard InChI is InChI=1S/C11H9ClN2O4S2/c12-8-3-1-2-7(4-8)5-14-20(17,18)11-9(10(15)16)13-6-19-11/h1-4,6,14H,5H2,(H,15,16). The summed E-state index contributed by atoms with van der Waals surface area (Å²) in [6.07, 6.45) is 0. The zero-order valence-corrected chi connectivity index (χ0v) is 12.3. The summed E-state index contributed by atoms with van der Waals surface area (Å²) in [6, 6.07) is 6.70. The SMILES string of the molecule is O=C(O)c1ncsc1S(=O)(=O)NCc1cccc(Cl)c1. The maximum Gasteiger partial charge on any atom is 0.356 e. The quantitative estimate of drug-likeness (QED) is 0.872. The van der Waals surface area contributed by atoms with Gasteiger partial charge >= 0.3 is 5.97 Å². The van der Waals surface area contributed by atoms with Crippen molar-refractivity contribution in [2.75, 3.05) is 0 Å². The average molecular weight is 333 g/mol. The molecule has 106 valence electrons. The lowest BCUT2D eigenvalue weighted by Crippen LogP contribution is -2.24. The second-order valence-electron chi connectivity index (χ2n) is 3.75. The summed E-state index contributed by atoms with van der Waals surface area (Å²) < 4.78 is 26.1. The molecule has 0 spiro atoms. The molecule has 0 bridgehead atoms. The number of thiazole rings is 1. The Hall–Kier alpha value is -1.48. The molecule has 2 N–H and O–H groups in total. The number of halogens is 1. The zero-order chi connectivity index (χ0) is 14.8. The van der Waals surface area contributed by atoms with Crippen LogP contribution in [0.2, 0.25) is 5.02 Å². The minimum Gasteiger partial charge on any atom is -0.476 e. The second-order valence-corrected chi connectivity index (χ2v) is 7.00. The van der Waals surface area contributed by atoms with Crippen LogP contribution in [0, 0.1) is 0 Å². The number of carboxylic acid groups (broad SMARTS) is 1. The lowest BCUT2D eigenvalue weighted by Gasteiger charge is -2.05. The van der Waals surface area contributed by atoms with Crippen LogP contribution in [0.1, 0.15) is 16.1 Å². The topological polar surface area (TPSA) is 96.4 Å². The number of hydrogen-bond acceptors (Lipinski definition) is 5. The summed E-state index contributed by atoms with van der Waals surface area (Å²) in [4.78, 5) is 14.4. The number of benzene rings is 1. The van der Waals surface area contributed by atoms with E-state index in [1.165, 1.54) is 5.51 Å². The smallest absolute Gasteiger partial charge is 0.356 e. The average Bonchev–Trinajstić information content (AvgIpc) is 2.87. The number of aromatic carboxylic acids is 1. The van der Waals surface area contributed by atoms with Crippen LogP contribution >= 0.6 is 22.9 Å². The molecule has 0 aliphatic heterocycles. The third-order valence-electron chi connectivity index (χ3n) is 2.34. The molecule has 1 aromatic heterocycles. The van der Waals surface area contributed by atoms with Gasteiger partial charge < -0.3 is 5.11 Å². The fourth-order valence-corrected chi connectivity index (χ4v) is 3.87. The lowest BCUT2D eigenvalue weighted by molar-refractivity contribution is 0.0687. The number of aromatic nitrogens is 1. The molecule has 0 saturated carbocycles. The Balaban J connectivity index is 2.19. The molecule has 9 heteroatoms. The maximum absolute atomic E-state index is 12.0. The normalized spacial score (nSPS) is 11.4. The molecule has 0 unspecified atom stereocenters. The van der Waals surface area contributed by atoms with Crippen LogP contribution in [0.25, 0.3) is 0 Å². The van der Waals surface area contributed by atoms with Gasteiger partial charge in [-0.15, -0.1) is 11.3 Å². The highest BCUT2D eigenvalue weighted by Crippen LogP contribution is 2.20. The van der Waals surface area contributed by atoms with Gasteiger partial charge in [-0.2, -0.15) is 0 Å². The predicted octanol–water partition coefficient (Wildman–Crippen LogP) is 1.97. The van der Waals surface area contributed by atoms with Gasteiger partial charge in [-0.3, -0.25) is 0 Å². The summed E-state index contributed by atoms with van der Waals surface area (Å²) in [7, 11) is -3.92. The minimum absolute atomic E-state index is 0.0137. The first kappa shape index (κ1) is 14.9. The molecule has 0 radical (unpaired) electrons. The van der Waals surface area contributed by atoms with Crippen molar-refractivity contribution in [3.63, 3.8) is 0 Å². The van der Waals surface area contributed by atoms with E-state index in [9.17, 15) is 13.2 Å². The number of hydrogen-bond donors (Lipinski definition) is 2. The highest BCUT2D eigenvalue weighted by molar-refractivity contribution is 7.91. The lowest BCUT2D eigenvalue weighted by atomic mass is 10.2. The van der Waals surface area contributed by atoms with Crippen molar-refractivity contribution in [3.8, 4) is 0 Å². The number of rotatable bonds is 5. The minimum atomic E-state index is -3.92. The molecule has 20 heavy (non-hydrogen) atoms. The second kappa shape index (κ2) is 5.88. The molecule has 0 amide bonds. The first-order chi connectivity index (χ1) is 9.40. The molecule has 1 heterocycles. The van der Waals surface area contributed by atoms with Crippen LogP contribution < -0.4 is 4.72 Å². The molecule has 2 aromatic rings. The van der Waals surface area contributed by atoms with E-state index >= 15 is 0 Å². The van der Waals surface area contributed by atoms with Crippen molar-refractivity contribution in [1.82, 2.24) is 9.71 Å². The van der Waals surface area contributed by atoms with E-state index in [4.69, 9.17) is 16.7 Å². The Morgan fingerprint density at radius 2 is 2.20 bits per heavy atom. The van der Waals surface area contributed by atoms with Crippen LogP contribution in [0.4, 0.5) is 0 Å². The van der Waals surface area contributed by atoms with E-state index in [2.05, 4.69) is 9.71 Å². The van der Waals surface area contributed by atoms with Gasteiger partial charge in [0.05, 0.1) is 5.51 Å². The first-order valence-electron chi connectivity index (χ1n) is 5.31. The number of carboxylic acids is 1. The molecule has 0 aliphatic carbocycles.